The summed E-state index contributed by atoms with van der Waals surface area (Å²) < 4.78 is 31.6. The third kappa shape index (κ3) is 5.28. The normalized spacial score (nSPS) is 12.4. The van der Waals surface area contributed by atoms with Crippen LogP contribution in [0.5, 0.6) is 0 Å². The van der Waals surface area contributed by atoms with Crippen molar-refractivity contribution in [3.05, 3.63) is 69.5 Å². The minimum atomic E-state index is -0.995. The van der Waals surface area contributed by atoms with E-state index in [1.807, 2.05) is 30.5 Å². The number of ether oxygens (including phenoxy) is 1. The fourth-order valence-electron chi connectivity index (χ4n) is 3.66. The van der Waals surface area contributed by atoms with Crippen LogP contribution >= 0.6 is 11.3 Å². The summed E-state index contributed by atoms with van der Waals surface area (Å²) in [5.74, 6) is -3.59. The molecule has 0 unspecified atom stereocenters. The molecule has 0 saturated heterocycles. The number of nitrogens with one attached hydrogen (secondary N) is 1. The number of amides is 2. The Bertz CT molecular complexity index is 1260. The van der Waals surface area contributed by atoms with Gasteiger partial charge in [0.15, 0.2) is 6.61 Å². The molecule has 4 rings (SSSR count). The van der Waals surface area contributed by atoms with Gasteiger partial charge in [-0.05, 0) is 43.2 Å². The molecule has 0 atom stereocenters. The van der Waals surface area contributed by atoms with Gasteiger partial charge in [-0.15, -0.1) is 11.3 Å². The van der Waals surface area contributed by atoms with Crippen molar-refractivity contribution < 1.29 is 27.9 Å². The molecule has 3 aromatic rings. The van der Waals surface area contributed by atoms with E-state index in [2.05, 4.69) is 10.3 Å². The maximum Gasteiger partial charge on any atom is 0.308 e. The molecule has 0 fully saturated rings. The van der Waals surface area contributed by atoms with E-state index in [-0.39, 0.29) is 24.4 Å². The quantitative estimate of drug-likeness (QED) is 0.516. The van der Waals surface area contributed by atoms with Gasteiger partial charge in [0.25, 0.3) is 11.8 Å². The van der Waals surface area contributed by atoms with Crippen molar-refractivity contribution >= 4 is 34.8 Å². The standard InChI is InChI=1S/C24H21F2N3O4S/c1-14-28-20(13-34-14)15-2-5-21-16(10-15)7-9-29(21)22(30)12-33-23(31)6-8-27-24(32)18-4-3-17(25)11-19(18)26/h2-5,10-11,13H,6-9,12H2,1H3,(H,27,32). The number of aromatic nitrogens is 1. The number of carbonyl (C=O) groups excluding carboxylic acids is 3. The molecule has 0 radical (unpaired) electrons. The van der Waals surface area contributed by atoms with Gasteiger partial charge in [-0.3, -0.25) is 14.4 Å². The topological polar surface area (TPSA) is 88.6 Å². The number of carbonyl (C=O) groups is 3. The van der Waals surface area contributed by atoms with Crippen LogP contribution in [0.4, 0.5) is 14.5 Å². The van der Waals surface area contributed by atoms with Crippen LogP contribution in [0, 0.1) is 18.6 Å². The highest BCUT2D eigenvalue weighted by Gasteiger charge is 2.26. The number of anilines is 1. The smallest absolute Gasteiger partial charge is 0.308 e. The van der Waals surface area contributed by atoms with Gasteiger partial charge in [-0.25, -0.2) is 13.8 Å². The Morgan fingerprint density at radius 1 is 1.18 bits per heavy atom. The SMILES string of the molecule is Cc1nc(-c2ccc3c(c2)CCN3C(=O)COC(=O)CCNC(=O)c2ccc(F)cc2F)cs1. The van der Waals surface area contributed by atoms with Gasteiger partial charge in [-0.2, -0.15) is 0 Å². The second kappa shape index (κ2) is 10.1. The summed E-state index contributed by atoms with van der Waals surface area (Å²) in [6.45, 7) is 1.90. The molecule has 1 aliphatic rings. The first-order chi connectivity index (χ1) is 16.3. The van der Waals surface area contributed by atoms with Crippen LogP contribution < -0.4 is 10.2 Å². The molecule has 0 saturated carbocycles. The maximum absolute atomic E-state index is 13.6. The van der Waals surface area contributed by atoms with Crippen molar-refractivity contribution in [3.63, 3.8) is 0 Å². The lowest BCUT2D eigenvalue weighted by atomic mass is 10.1. The molecule has 7 nitrogen and oxygen atoms in total. The van der Waals surface area contributed by atoms with Crippen molar-refractivity contribution in [2.75, 3.05) is 24.6 Å². The number of thiazole rings is 1. The van der Waals surface area contributed by atoms with E-state index >= 15 is 0 Å². The summed E-state index contributed by atoms with van der Waals surface area (Å²) in [6, 6.07) is 8.40. The molecule has 176 valence electrons. The minimum Gasteiger partial charge on any atom is -0.455 e. The Morgan fingerprint density at radius 3 is 2.74 bits per heavy atom. The molecule has 2 amide bonds. The summed E-state index contributed by atoms with van der Waals surface area (Å²) in [5.41, 5.74) is 3.37. The van der Waals surface area contributed by atoms with Gasteiger partial charge in [0.05, 0.1) is 22.7 Å². The first-order valence-corrected chi connectivity index (χ1v) is 11.4. The maximum atomic E-state index is 13.6. The number of benzene rings is 2. The molecule has 1 N–H and O–H groups in total. The molecule has 34 heavy (non-hydrogen) atoms. The summed E-state index contributed by atoms with van der Waals surface area (Å²) in [7, 11) is 0. The van der Waals surface area contributed by atoms with Crippen LogP contribution in [0.2, 0.25) is 0 Å². The highest BCUT2D eigenvalue weighted by Crippen LogP contribution is 2.32. The molecular formula is C24H21F2N3O4S. The summed E-state index contributed by atoms with van der Waals surface area (Å²) in [5, 5.41) is 5.34. The van der Waals surface area contributed by atoms with Crippen molar-refractivity contribution in [2.45, 2.75) is 19.8 Å². The number of esters is 1. The Labute approximate surface area is 198 Å². The number of rotatable bonds is 7. The Morgan fingerprint density at radius 2 is 2.00 bits per heavy atom. The Hall–Kier alpha value is -3.66. The monoisotopic (exact) mass is 485 g/mol. The molecule has 2 aromatic carbocycles. The van der Waals surface area contributed by atoms with E-state index in [0.717, 1.165) is 39.6 Å². The van der Waals surface area contributed by atoms with Crippen LogP contribution in [0.1, 0.15) is 27.3 Å². The second-order valence-electron chi connectivity index (χ2n) is 7.68. The van der Waals surface area contributed by atoms with E-state index in [1.165, 1.54) is 0 Å². The first kappa shape index (κ1) is 23.5. The van der Waals surface area contributed by atoms with Crippen LogP contribution in [0.25, 0.3) is 11.3 Å². The Kier molecular flexibility index (Phi) is 6.97. The molecule has 2 heterocycles. The van der Waals surface area contributed by atoms with Gasteiger partial charge in [0.1, 0.15) is 11.6 Å². The summed E-state index contributed by atoms with van der Waals surface area (Å²) in [6.07, 6.45) is 0.493. The fourth-order valence-corrected chi connectivity index (χ4v) is 4.28. The molecule has 0 bridgehead atoms. The number of fused-ring (bicyclic) bond motifs is 1. The molecule has 1 aromatic heterocycles. The van der Waals surface area contributed by atoms with E-state index in [0.29, 0.717) is 19.0 Å². The van der Waals surface area contributed by atoms with Crippen LogP contribution in [-0.2, 0) is 20.7 Å². The van der Waals surface area contributed by atoms with Gasteiger partial charge < -0.3 is 15.0 Å². The average molecular weight is 486 g/mol. The minimum absolute atomic E-state index is 0.117. The highest BCUT2D eigenvalue weighted by atomic mass is 32.1. The number of halogens is 2. The second-order valence-corrected chi connectivity index (χ2v) is 8.74. The molecule has 1 aliphatic heterocycles. The lowest BCUT2D eigenvalue weighted by Gasteiger charge is -2.17. The third-order valence-electron chi connectivity index (χ3n) is 5.34. The van der Waals surface area contributed by atoms with Gasteiger partial charge in [0.2, 0.25) is 0 Å². The van der Waals surface area contributed by atoms with E-state index in [9.17, 15) is 23.2 Å². The van der Waals surface area contributed by atoms with Crippen molar-refractivity contribution in [1.82, 2.24) is 10.3 Å². The van der Waals surface area contributed by atoms with Gasteiger partial charge >= 0.3 is 5.97 Å². The molecule has 0 aliphatic carbocycles. The zero-order valence-corrected chi connectivity index (χ0v) is 19.1. The van der Waals surface area contributed by atoms with Crippen LogP contribution in [0.15, 0.2) is 41.8 Å². The van der Waals surface area contributed by atoms with Crippen molar-refractivity contribution in [1.29, 1.82) is 0 Å². The number of aryl methyl sites for hydroxylation is 1. The summed E-state index contributed by atoms with van der Waals surface area (Å²) >= 11 is 1.58. The van der Waals surface area contributed by atoms with E-state index in [1.54, 1.807) is 16.2 Å². The van der Waals surface area contributed by atoms with Crippen LogP contribution in [-0.4, -0.2) is 42.5 Å². The lowest BCUT2D eigenvalue weighted by molar-refractivity contribution is -0.147. The van der Waals surface area contributed by atoms with E-state index in [4.69, 9.17) is 4.74 Å². The predicted octanol–water partition coefficient (Wildman–Crippen LogP) is 3.65. The van der Waals surface area contributed by atoms with Gasteiger partial charge in [-0.1, -0.05) is 6.07 Å². The highest BCUT2D eigenvalue weighted by molar-refractivity contribution is 7.09. The average Bonchev–Trinajstić information content (AvgIpc) is 3.43. The molecule has 10 heteroatoms. The van der Waals surface area contributed by atoms with Gasteiger partial charge in [0, 0.05) is 35.8 Å². The number of nitrogens with zero attached hydrogens (tertiary/aromatic N) is 2. The lowest BCUT2D eigenvalue weighted by Crippen LogP contribution is -2.33. The zero-order chi connectivity index (χ0) is 24.2. The Balaban J connectivity index is 1.25. The predicted molar refractivity (Wildman–Crippen MR) is 123 cm³/mol. The number of hydrogen-bond donors (Lipinski definition) is 1. The van der Waals surface area contributed by atoms with E-state index < -0.39 is 30.1 Å². The third-order valence-corrected chi connectivity index (χ3v) is 6.11. The molecule has 0 spiro atoms. The van der Waals surface area contributed by atoms with Crippen molar-refractivity contribution in [3.8, 4) is 11.3 Å². The largest absolute Gasteiger partial charge is 0.455 e. The zero-order valence-electron chi connectivity index (χ0n) is 18.3. The summed E-state index contributed by atoms with van der Waals surface area (Å²) in [4.78, 5) is 42.6. The fraction of sp³-hybridized carbons (Fsp3) is 0.250. The van der Waals surface area contributed by atoms with Crippen molar-refractivity contribution in [2.24, 2.45) is 0 Å². The van der Waals surface area contributed by atoms with Crippen LogP contribution in [0.3, 0.4) is 0 Å². The molecular weight excluding hydrogens is 464 g/mol. The number of hydrogen-bond acceptors (Lipinski definition) is 6. The first-order valence-electron chi connectivity index (χ1n) is 10.6.